The van der Waals surface area contributed by atoms with Crippen LogP contribution in [-0.2, 0) is 20.8 Å². The Morgan fingerprint density at radius 2 is 1.82 bits per heavy atom. The lowest BCUT2D eigenvalue weighted by molar-refractivity contribution is -0.133. The molecule has 1 aromatic carbocycles. The molecule has 2 aromatic heterocycles. The van der Waals surface area contributed by atoms with Crippen LogP contribution < -0.4 is 10.6 Å². The second kappa shape index (κ2) is 18.6. The molecule has 212 valence electrons. The van der Waals surface area contributed by atoms with Crippen LogP contribution in [-0.4, -0.2) is 72.0 Å². The molecule has 3 N–H and O–H groups in total. The van der Waals surface area contributed by atoms with E-state index in [0.29, 0.717) is 35.9 Å². The Morgan fingerprint density at radius 3 is 2.38 bits per heavy atom. The van der Waals surface area contributed by atoms with Gasteiger partial charge in [0.1, 0.15) is 35.3 Å². The predicted octanol–water partition coefficient (Wildman–Crippen LogP) is 3.96. The maximum atomic E-state index is 13.3. The Bertz CT molecular complexity index is 1190. The molecule has 0 aliphatic rings. The molecule has 0 aliphatic carbocycles. The smallest absolute Gasteiger partial charge is 0.268 e. The Kier molecular flexibility index (Phi) is 15.9. The molecule has 0 saturated carbocycles. The van der Waals surface area contributed by atoms with Gasteiger partial charge in [-0.05, 0) is 63.7 Å². The van der Waals surface area contributed by atoms with Gasteiger partial charge in [-0.1, -0.05) is 30.7 Å². The van der Waals surface area contributed by atoms with E-state index in [2.05, 4.69) is 20.6 Å². The number of H-pyrrole nitrogens is 1. The molecule has 0 radical (unpaired) electrons. The number of likely N-dealkylation sites (N-methyl/N-ethyl adjacent to an activating group) is 1. The van der Waals surface area contributed by atoms with Crippen LogP contribution >= 0.6 is 11.6 Å². The van der Waals surface area contributed by atoms with Crippen LogP contribution in [0.1, 0.15) is 49.7 Å². The van der Waals surface area contributed by atoms with Gasteiger partial charge in [0.25, 0.3) is 5.91 Å². The SMILES string of the molecule is CC=O.CCC=O.CCN(CCCNC)C(=O)[C@H](Cc1ccc(F)cc1)NC(=O)c1cc2cc(Cl)ncc2[nH]1. The molecule has 11 heteroatoms. The van der Waals surface area contributed by atoms with Crippen molar-refractivity contribution in [2.24, 2.45) is 0 Å². The number of aromatic amines is 1. The molecule has 0 aliphatic heterocycles. The molecular weight excluding hydrogens is 525 g/mol. The first-order valence-electron chi connectivity index (χ1n) is 12.7. The third-order valence-corrected chi connectivity index (χ3v) is 5.59. The summed E-state index contributed by atoms with van der Waals surface area (Å²) < 4.78 is 13.3. The van der Waals surface area contributed by atoms with Crippen molar-refractivity contribution in [2.75, 3.05) is 26.7 Å². The molecule has 0 fully saturated rings. The van der Waals surface area contributed by atoms with E-state index in [1.165, 1.54) is 19.1 Å². The van der Waals surface area contributed by atoms with E-state index in [-0.39, 0.29) is 18.1 Å². The van der Waals surface area contributed by atoms with E-state index in [9.17, 15) is 18.8 Å². The highest BCUT2D eigenvalue weighted by molar-refractivity contribution is 6.30. The maximum absolute atomic E-state index is 13.3. The summed E-state index contributed by atoms with van der Waals surface area (Å²) in [5.74, 6) is -0.945. The van der Waals surface area contributed by atoms with Gasteiger partial charge in [-0.2, -0.15) is 0 Å². The Morgan fingerprint density at radius 1 is 1.18 bits per heavy atom. The minimum absolute atomic E-state index is 0.179. The van der Waals surface area contributed by atoms with Crippen LogP contribution in [0.15, 0.2) is 42.6 Å². The van der Waals surface area contributed by atoms with Crippen molar-refractivity contribution < 1.29 is 23.6 Å². The summed E-state index contributed by atoms with van der Waals surface area (Å²) in [5, 5.41) is 7.00. The Hall–Kier alpha value is -3.63. The van der Waals surface area contributed by atoms with E-state index in [1.54, 1.807) is 35.4 Å². The molecule has 0 bridgehead atoms. The number of aromatic nitrogens is 2. The van der Waals surface area contributed by atoms with Gasteiger partial charge in [0, 0.05) is 31.3 Å². The number of rotatable bonds is 11. The number of nitrogens with zero attached hydrogens (tertiary/aromatic N) is 2. The molecule has 3 rings (SSSR count). The molecule has 2 heterocycles. The molecule has 9 nitrogen and oxygen atoms in total. The van der Waals surface area contributed by atoms with Crippen molar-refractivity contribution in [3.8, 4) is 0 Å². The zero-order valence-electron chi connectivity index (χ0n) is 22.8. The largest absolute Gasteiger partial charge is 0.349 e. The zero-order chi connectivity index (χ0) is 29.2. The Labute approximate surface area is 233 Å². The van der Waals surface area contributed by atoms with E-state index in [0.717, 1.165) is 36.5 Å². The summed E-state index contributed by atoms with van der Waals surface area (Å²) in [7, 11) is 1.86. The maximum Gasteiger partial charge on any atom is 0.268 e. The van der Waals surface area contributed by atoms with E-state index >= 15 is 0 Å². The predicted molar refractivity (Wildman–Crippen MR) is 151 cm³/mol. The number of amides is 2. The second-order valence-corrected chi connectivity index (χ2v) is 8.71. The summed E-state index contributed by atoms with van der Waals surface area (Å²) in [6.45, 7) is 7.04. The standard InChI is InChI=1S/C23H27ClFN5O2.C3H6O.C2H4O/c1-3-30(10-4-9-26-2)23(32)19(11-15-5-7-17(25)8-6-15)29-22(31)18-12-16-13-21(24)27-14-20(16)28-18;1-2-3-4;1-2-3/h5-8,12-14,19,26,28H,3-4,9-11H2,1-2H3,(H,29,31);3H,2H2,1H3;2H,1H3/t19-;;/m0../s1. The minimum Gasteiger partial charge on any atom is -0.349 e. The van der Waals surface area contributed by atoms with Gasteiger partial charge < -0.3 is 30.1 Å². The Balaban J connectivity index is 0.000000975. The van der Waals surface area contributed by atoms with Crippen molar-refractivity contribution in [2.45, 2.75) is 46.1 Å². The molecule has 1 atom stereocenters. The summed E-state index contributed by atoms with van der Waals surface area (Å²) in [6.07, 6.45) is 4.86. The lowest BCUT2D eigenvalue weighted by Crippen LogP contribution is -2.50. The molecule has 0 spiro atoms. The molecule has 3 aromatic rings. The molecule has 39 heavy (non-hydrogen) atoms. The van der Waals surface area contributed by atoms with E-state index < -0.39 is 11.9 Å². The van der Waals surface area contributed by atoms with E-state index in [1.807, 2.05) is 20.9 Å². The van der Waals surface area contributed by atoms with Crippen molar-refractivity contribution in [1.29, 1.82) is 0 Å². The van der Waals surface area contributed by atoms with Crippen LogP contribution in [0.3, 0.4) is 0 Å². The quantitative estimate of drug-likeness (QED) is 0.185. The number of pyridine rings is 1. The highest BCUT2D eigenvalue weighted by Gasteiger charge is 2.26. The average Bonchev–Trinajstić information content (AvgIpc) is 3.36. The van der Waals surface area contributed by atoms with Crippen LogP contribution in [0, 0.1) is 5.82 Å². The normalized spacial score (nSPS) is 10.8. The first-order chi connectivity index (χ1) is 18.7. The summed E-state index contributed by atoms with van der Waals surface area (Å²) >= 11 is 5.93. The fourth-order valence-electron chi connectivity index (χ4n) is 3.51. The van der Waals surface area contributed by atoms with Gasteiger partial charge in [0.2, 0.25) is 5.91 Å². The highest BCUT2D eigenvalue weighted by Crippen LogP contribution is 2.18. The number of carbonyl (C=O) groups is 4. The van der Waals surface area contributed by atoms with Crippen molar-refractivity contribution in [3.63, 3.8) is 0 Å². The fourth-order valence-corrected chi connectivity index (χ4v) is 3.68. The lowest BCUT2D eigenvalue weighted by atomic mass is 10.0. The fraction of sp³-hybridized carbons (Fsp3) is 0.393. The third-order valence-electron chi connectivity index (χ3n) is 5.39. The first-order valence-corrected chi connectivity index (χ1v) is 13.1. The van der Waals surface area contributed by atoms with Gasteiger partial charge in [0.05, 0.1) is 11.7 Å². The zero-order valence-corrected chi connectivity index (χ0v) is 23.6. The second-order valence-electron chi connectivity index (χ2n) is 8.32. The number of benzene rings is 1. The van der Waals surface area contributed by atoms with Crippen molar-refractivity contribution in [1.82, 2.24) is 25.5 Å². The van der Waals surface area contributed by atoms with Gasteiger partial charge >= 0.3 is 0 Å². The lowest BCUT2D eigenvalue weighted by Gasteiger charge is -2.27. The van der Waals surface area contributed by atoms with Gasteiger partial charge in [-0.25, -0.2) is 9.37 Å². The number of halogens is 2. The average molecular weight is 562 g/mol. The number of fused-ring (bicyclic) bond motifs is 1. The van der Waals surface area contributed by atoms with Crippen LogP contribution in [0.4, 0.5) is 4.39 Å². The molecular formula is C28H37ClFN5O4. The molecule has 0 unspecified atom stereocenters. The van der Waals surface area contributed by atoms with Crippen LogP contribution in [0.25, 0.3) is 10.9 Å². The first kappa shape index (κ1) is 33.4. The van der Waals surface area contributed by atoms with E-state index in [4.69, 9.17) is 16.4 Å². The van der Waals surface area contributed by atoms with Crippen LogP contribution in [0.5, 0.6) is 0 Å². The van der Waals surface area contributed by atoms with Crippen molar-refractivity contribution >= 4 is 46.9 Å². The molecule has 0 saturated heterocycles. The summed E-state index contributed by atoms with van der Waals surface area (Å²) in [6, 6.07) is 8.46. The topological polar surface area (TPSA) is 124 Å². The number of hydrogen-bond donors (Lipinski definition) is 3. The number of nitrogens with one attached hydrogen (secondary N) is 3. The monoisotopic (exact) mass is 561 g/mol. The van der Waals surface area contributed by atoms with Crippen LogP contribution in [0.2, 0.25) is 5.15 Å². The van der Waals surface area contributed by atoms with Gasteiger partial charge in [-0.15, -0.1) is 0 Å². The highest BCUT2D eigenvalue weighted by atomic mass is 35.5. The third kappa shape index (κ3) is 11.7. The van der Waals surface area contributed by atoms with Gasteiger partial charge in [-0.3, -0.25) is 9.59 Å². The number of hydrogen-bond acceptors (Lipinski definition) is 6. The number of aldehydes is 2. The molecule has 2 amide bonds. The summed E-state index contributed by atoms with van der Waals surface area (Å²) in [4.78, 5) is 53.0. The minimum atomic E-state index is -0.796. The summed E-state index contributed by atoms with van der Waals surface area (Å²) in [5.41, 5.74) is 1.73. The van der Waals surface area contributed by atoms with Gasteiger partial charge in [0.15, 0.2) is 0 Å². The van der Waals surface area contributed by atoms with Crippen molar-refractivity contribution in [3.05, 3.63) is 64.8 Å². The number of carbonyl (C=O) groups excluding carboxylic acids is 4.